The van der Waals surface area contributed by atoms with Crippen LogP contribution < -0.4 is 10.5 Å². The molecule has 0 aliphatic rings. The fourth-order valence-electron chi connectivity index (χ4n) is 1.49. The van der Waals surface area contributed by atoms with E-state index in [1.54, 1.807) is 12.1 Å². The Morgan fingerprint density at radius 2 is 1.95 bits per heavy atom. The Hall–Kier alpha value is -2.46. The van der Waals surface area contributed by atoms with Gasteiger partial charge in [-0.3, -0.25) is 0 Å². The van der Waals surface area contributed by atoms with Gasteiger partial charge >= 0.3 is 6.18 Å². The van der Waals surface area contributed by atoms with Crippen LogP contribution in [0.15, 0.2) is 30.3 Å². The lowest BCUT2D eigenvalue weighted by molar-refractivity contribution is -0.141. The van der Waals surface area contributed by atoms with E-state index in [1.807, 2.05) is 0 Å². The van der Waals surface area contributed by atoms with Crippen molar-refractivity contribution in [1.82, 2.24) is 4.98 Å². The highest BCUT2D eigenvalue weighted by Gasteiger charge is 2.33. The molecular formula is C13H7ClF3N3O. The predicted octanol–water partition coefficient (Wildman–Crippen LogP) is 4.00. The van der Waals surface area contributed by atoms with Crippen LogP contribution in [-0.4, -0.2) is 4.98 Å². The maximum absolute atomic E-state index is 12.6. The van der Waals surface area contributed by atoms with Gasteiger partial charge in [-0.05, 0) is 24.3 Å². The molecule has 108 valence electrons. The molecule has 0 radical (unpaired) electrons. The Kier molecular flexibility index (Phi) is 3.91. The predicted molar refractivity (Wildman–Crippen MR) is 69.9 cm³/mol. The summed E-state index contributed by atoms with van der Waals surface area (Å²) in [6, 6.07) is 7.82. The minimum atomic E-state index is -4.65. The zero-order valence-corrected chi connectivity index (χ0v) is 11.0. The standard InChI is InChI=1S/C13H7ClF3N3O/c14-8-2-1-3-9(19)11(8)21-12-7(6-18)4-5-10(20-12)13(15,16)17/h1-5H,19H2. The fraction of sp³-hybridized carbons (Fsp3) is 0.0769. The van der Waals surface area contributed by atoms with Gasteiger partial charge in [0.2, 0.25) is 5.88 Å². The lowest BCUT2D eigenvalue weighted by Gasteiger charge is -2.12. The minimum absolute atomic E-state index is 0.0532. The van der Waals surface area contributed by atoms with Crippen molar-refractivity contribution in [2.45, 2.75) is 6.18 Å². The van der Waals surface area contributed by atoms with E-state index in [2.05, 4.69) is 4.98 Å². The first-order valence-corrected chi connectivity index (χ1v) is 5.91. The molecule has 1 aromatic carbocycles. The third kappa shape index (κ3) is 3.17. The van der Waals surface area contributed by atoms with Gasteiger partial charge in [0.15, 0.2) is 5.75 Å². The average Bonchev–Trinajstić information content (AvgIpc) is 2.42. The summed E-state index contributed by atoms with van der Waals surface area (Å²) in [6.07, 6.45) is -4.65. The van der Waals surface area contributed by atoms with E-state index in [0.29, 0.717) is 6.07 Å². The molecular weight excluding hydrogens is 307 g/mol. The average molecular weight is 314 g/mol. The van der Waals surface area contributed by atoms with Gasteiger partial charge in [0.05, 0.1) is 10.7 Å². The summed E-state index contributed by atoms with van der Waals surface area (Å²) in [6.45, 7) is 0. The van der Waals surface area contributed by atoms with Gasteiger partial charge in [0.25, 0.3) is 0 Å². The number of ether oxygens (including phenoxy) is 1. The van der Waals surface area contributed by atoms with Crippen LogP contribution in [0, 0.1) is 11.3 Å². The van der Waals surface area contributed by atoms with Crippen LogP contribution in [0.25, 0.3) is 0 Å². The van der Waals surface area contributed by atoms with Gasteiger partial charge in [0, 0.05) is 0 Å². The van der Waals surface area contributed by atoms with Gasteiger partial charge in [0.1, 0.15) is 17.3 Å². The van der Waals surface area contributed by atoms with Crippen molar-refractivity contribution in [2.75, 3.05) is 5.73 Å². The van der Waals surface area contributed by atoms with Gasteiger partial charge in [-0.1, -0.05) is 17.7 Å². The van der Waals surface area contributed by atoms with Gasteiger partial charge in [-0.2, -0.15) is 18.4 Å². The number of rotatable bonds is 2. The number of hydrogen-bond donors (Lipinski definition) is 1. The van der Waals surface area contributed by atoms with Crippen molar-refractivity contribution in [2.24, 2.45) is 0 Å². The fourth-order valence-corrected chi connectivity index (χ4v) is 1.71. The van der Waals surface area contributed by atoms with Gasteiger partial charge in [-0.15, -0.1) is 0 Å². The number of nitrogens with two attached hydrogens (primary N) is 1. The van der Waals surface area contributed by atoms with E-state index in [9.17, 15) is 13.2 Å². The topological polar surface area (TPSA) is 71.9 Å². The third-order valence-corrected chi connectivity index (χ3v) is 2.76. The SMILES string of the molecule is N#Cc1ccc(C(F)(F)F)nc1Oc1c(N)cccc1Cl. The van der Waals surface area contributed by atoms with E-state index in [-0.39, 0.29) is 22.0 Å². The largest absolute Gasteiger partial charge is 0.434 e. The summed E-state index contributed by atoms with van der Waals surface area (Å²) < 4.78 is 43.2. The van der Waals surface area contributed by atoms with E-state index < -0.39 is 17.8 Å². The van der Waals surface area contributed by atoms with Gasteiger partial charge < -0.3 is 10.5 Å². The summed E-state index contributed by atoms with van der Waals surface area (Å²) in [7, 11) is 0. The zero-order chi connectivity index (χ0) is 15.6. The first kappa shape index (κ1) is 14.9. The Morgan fingerprint density at radius 1 is 1.24 bits per heavy atom. The van der Waals surface area contributed by atoms with Crippen molar-refractivity contribution in [3.63, 3.8) is 0 Å². The number of pyridine rings is 1. The second-order valence-corrected chi connectivity index (χ2v) is 4.33. The molecule has 0 spiro atoms. The summed E-state index contributed by atoms with van der Waals surface area (Å²) in [5.74, 6) is -0.561. The van der Waals surface area contributed by atoms with Crippen molar-refractivity contribution in [3.8, 4) is 17.7 Å². The maximum atomic E-state index is 12.6. The smallest absolute Gasteiger partial charge is 0.433 e. The lowest BCUT2D eigenvalue weighted by atomic mass is 10.2. The van der Waals surface area contributed by atoms with Crippen molar-refractivity contribution in [3.05, 3.63) is 46.6 Å². The van der Waals surface area contributed by atoms with E-state index in [1.165, 1.54) is 12.1 Å². The van der Waals surface area contributed by atoms with Crippen molar-refractivity contribution >= 4 is 17.3 Å². The number of aromatic nitrogens is 1. The number of nitrogen functional groups attached to an aromatic ring is 1. The monoisotopic (exact) mass is 313 g/mol. The molecule has 0 amide bonds. The molecule has 0 unspecified atom stereocenters. The van der Waals surface area contributed by atoms with Crippen LogP contribution in [-0.2, 0) is 6.18 Å². The van der Waals surface area contributed by atoms with Crippen molar-refractivity contribution in [1.29, 1.82) is 5.26 Å². The number of anilines is 1. The maximum Gasteiger partial charge on any atom is 0.433 e. The summed E-state index contributed by atoms with van der Waals surface area (Å²) in [5.41, 5.74) is 4.42. The second kappa shape index (κ2) is 5.50. The van der Waals surface area contributed by atoms with Crippen LogP contribution in [0.1, 0.15) is 11.3 Å². The highest BCUT2D eigenvalue weighted by molar-refractivity contribution is 6.32. The van der Waals surface area contributed by atoms with Gasteiger partial charge in [-0.25, -0.2) is 4.98 Å². The molecule has 4 nitrogen and oxygen atoms in total. The molecule has 2 N–H and O–H groups in total. The Labute approximate surface area is 122 Å². The molecule has 0 saturated heterocycles. The van der Waals surface area contributed by atoms with Crippen LogP contribution in [0.2, 0.25) is 5.02 Å². The first-order chi connectivity index (χ1) is 9.82. The Morgan fingerprint density at radius 3 is 2.52 bits per heavy atom. The number of benzene rings is 1. The third-order valence-electron chi connectivity index (χ3n) is 2.47. The normalized spacial score (nSPS) is 11.0. The van der Waals surface area contributed by atoms with E-state index >= 15 is 0 Å². The molecule has 0 atom stereocenters. The Bertz CT molecular complexity index is 705. The number of nitriles is 1. The Balaban J connectivity index is 2.51. The first-order valence-electron chi connectivity index (χ1n) is 5.53. The molecule has 0 bridgehead atoms. The molecule has 0 aliphatic heterocycles. The molecule has 0 saturated carbocycles. The minimum Gasteiger partial charge on any atom is -0.434 e. The molecule has 21 heavy (non-hydrogen) atoms. The highest BCUT2D eigenvalue weighted by atomic mass is 35.5. The summed E-state index contributed by atoms with van der Waals surface area (Å²) in [4.78, 5) is 3.31. The summed E-state index contributed by atoms with van der Waals surface area (Å²) >= 11 is 5.87. The number of nitrogens with zero attached hydrogens (tertiary/aromatic N) is 2. The van der Waals surface area contributed by atoms with Crippen molar-refractivity contribution < 1.29 is 17.9 Å². The zero-order valence-electron chi connectivity index (χ0n) is 10.3. The molecule has 0 fully saturated rings. The van der Waals surface area contributed by atoms with Crippen LogP contribution in [0.3, 0.4) is 0 Å². The quantitative estimate of drug-likeness (QED) is 0.851. The molecule has 1 aromatic heterocycles. The number of hydrogen-bond acceptors (Lipinski definition) is 4. The second-order valence-electron chi connectivity index (χ2n) is 3.92. The van der Waals surface area contributed by atoms with E-state index in [0.717, 1.165) is 6.07 Å². The van der Waals surface area contributed by atoms with Crippen LogP contribution in [0.5, 0.6) is 11.6 Å². The van der Waals surface area contributed by atoms with Crippen LogP contribution in [0.4, 0.5) is 18.9 Å². The molecule has 0 aliphatic carbocycles. The highest BCUT2D eigenvalue weighted by Crippen LogP contribution is 2.36. The summed E-state index contributed by atoms with van der Waals surface area (Å²) in [5, 5.41) is 9.01. The number of halogens is 4. The molecule has 1 heterocycles. The number of alkyl halides is 3. The molecule has 2 aromatic rings. The number of para-hydroxylation sites is 1. The molecule has 2 rings (SSSR count). The lowest BCUT2D eigenvalue weighted by Crippen LogP contribution is -2.09. The molecule has 8 heteroatoms. The van der Waals surface area contributed by atoms with E-state index in [4.69, 9.17) is 27.3 Å². The van der Waals surface area contributed by atoms with Crippen LogP contribution >= 0.6 is 11.6 Å².